The van der Waals surface area contributed by atoms with Crippen LogP contribution < -0.4 is 10.3 Å². The van der Waals surface area contributed by atoms with Crippen LogP contribution in [0.4, 0.5) is 0 Å². The van der Waals surface area contributed by atoms with E-state index in [-0.39, 0.29) is 5.56 Å². The van der Waals surface area contributed by atoms with Gasteiger partial charge in [-0.15, -0.1) is 6.58 Å². The highest BCUT2D eigenvalue weighted by Gasteiger charge is 2.20. The lowest BCUT2D eigenvalue weighted by atomic mass is 10.0. The lowest BCUT2D eigenvalue weighted by molar-refractivity contribution is -0.139. The fraction of sp³-hybridized carbons (Fsp3) is 0.312. The first-order valence-corrected chi connectivity index (χ1v) is 7.12. The molecule has 0 spiro atoms. The molecule has 2 aromatic rings. The van der Waals surface area contributed by atoms with E-state index in [1.807, 2.05) is 0 Å². The van der Waals surface area contributed by atoms with E-state index in [2.05, 4.69) is 11.6 Å². The Kier molecular flexibility index (Phi) is 3.66. The molecule has 0 saturated carbocycles. The zero-order valence-corrected chi connectivity index (χ0v) is 12.0. The zero-order chi connectivity index (χ0) is 15.7. The van der Waals surface area contributed by atoms with Gasteiger partial charge in [0.2, 0.25) is 0 Å². The van der Waals surface area contributed by atoms with Crippen LogP contribution in [0.1, 0.15) is 17.8 Å². The average molecular weight is 300 g/mol. The number of carbonyl (C=O) groups is 1. The molecule has 0 amide bonds. The molecule has 114 valence electrons. The summed E-state index contributed by atoms with van der Waals surface area (Å²) in [6.07, 6.45) is 3.80. The minimum Gasteiger partial charge on any atom is -0.482 e. The van der Waals surface area contributed by atoms with Crippen LogP contribution in [0, 0.1) is 0 Å². The fourth-order valence-corrected chi connectivity index (χ4v) is 2.84. The summed E-state index contributed by atoms with van der Waals surface area (Å²) >= 11 is 0. The Hall–Kier alpha value is -2.63. The first-order valence-electron chi connectivity index (χ1n) is 7.12. The van der Waals surface area contributed by atoms with Crippen molar-refractivity contribution in [1.29, 1.82) is 0 Å². The summed E-state index contributed by atoms with van der Waals surface area (Å²) in [4.78, 5) is 28.0. The van der Waals surface area contributed by atoms with Crippen LogP contribution in [0.2, 0.25) is 0 Å². The number of aryl methyl sites for hydroxylation is 1. The third-order valence-electron chi connectivity index (χ3n) is 3.75. The Bertz CT molecular complexity index is 823. The summed E-state index contributed by atoms with van der Waals surface area (Å²) in [5.74, 6) is 0.141. The van der Waals surface area contributed by atoms with Crippen molar-refractivity contribution >= 4 is 16.9 Å². The maximum absolute atomic E-state index is 12.7. The van der Waals surface area contributed by atoms with Crippen LogP contribution in [0.25, 0.3) is 10.9 Å². The Morgan fingerprint density at radius 3 is 3.05 bits per heavy atom. The highest BCUT2D eigenvalue weighted by molar-refractivity contribution is 5.84. The predicted molar refractivity (Wildman–Crippen MR) is 81.4 cm³/mol. The average Bonchev–Trinajstić information content (AvgIpc) is 2.95. The molecule has 3 rings (SSSR count). The van der Waals surface area contributed by atoms with Gasteiger partial charge in [-0.2, -0.15) is 0 Å². The second kappa shape index (κ2) is 5.63. The van der Waals surface area contributed by atoms with Crippen LogP contribution in [0.3, 0.4) is 0 Å². The van der Waals surface area contributed by atoms with Gasteiger partial charge in [-0.25, -0.2) is 9.78 Å². The lowest BCUT2D eigenvalue weighted by Gasteiger charge is -2.13. The number of fused-ring (bicyclic) bond motifs is 2. The maximum atomic E-state index is 12.7. The molecule has 2 heterocycles. The molecule has 0 aliphatic carbocycles. The first kappa shape index (κ1) is 14.3. The van der Waals surface area contributed by atoms with E-state index in [4.69, 9.17) is 9.84 Å². The minimum absolute atomic E-state index is 0.0878. The minimum atomic E-state index is -1.06. The van der Waals surface area contributed by atoms with E-state index < -0.39 is 12.6 Å². The van der Waals surface area contributed by atoms with Crippen molar-refractivity contribution in [2.45, 2.75) is 25.8 Å². The van der Waals surface area contributed by atoms with Crippen LogP contribution >= 0.6 is 0 Å². The SMILES string of the molecule is C=CCc1c(OCC(=O)O)ccc2nc3n(c(=O)c12)CCC3. The summed E-state index contributed by atoms with van der Waals surface area (Å²) in [7, 11) is 0. The normalized spacial score (nSPS) is 13.1. The summed E-state index contributed by atoms with van der Waals surface area (Å²) in [6, 6.07) is 3.38. The molecule has 0 fully saturated rings. The van der Waals surface area contributed by atoms with Crippen LogP contribution in [-0.2, 0) is 24.2 Å². The number of hydrogen-bond acceptors (Lipinski definition) is 4. The number of rotatable bonds is 5. The summed E-state index contributed by atoms with van der Waals surface area (Å²) in [5.41, 5.74) is 1.18. The lowest BCUT2D eigenvalue weighted by Crippen LogP contribution is -2.22. The second-order valence-corrected chi connectivity index (χ2v) is 5.20. The fourth-order valence-electron chi connectivity index (χ4n) is 2.84. The van der Waals surface area contributed by atoms with E-state index in [1.54, 1.807) is 22.8 Å². The highest BCUT2D eigenvalue weighted by atomic mass is 16.5. The maximum Gasteiger partial charge on any atom is 0.341 e. The number of aliphatic carboxylic acids is 1. The highest BCUT2D eigenvalue weighted by Crippen LogP contribution is 2.27. The molecule has 0 unspecified atom stereocenters. The number of allylic oxidation sites excluding steroid dienone is 1. The van der Waals surface area contributed by atoms with Crippen molar-refractivity contribution in [3.8, 4) is 5.75 Å². The molecule has 1 aromatic heterocycles. The largest absolute Gasteiger partial charge is 0.482 e. The van der Waals surface area contributed by atoms with Gasteiger partial charge in [-0.1, -0.05) is 6.08 Å². The molecule has 0 bridgehead atoms. The van der Waals surface area contributed by atoms with Crippen LogP contribution in [0.15, 0.2) is 29.6 Å². The van der Waals surface area contributed by atoms with E-state index in [0.29, 0.717) is 35.2 Å². The predicted octanol–water partition coefficient (Wildman–Crippen LogP) is 1.53. The standard InChI is InChI=1S/C16H16N2O4/c1-2-4-10-12(22-9-14(19)20)7-6-11-15(10)16(21)18-8-3-5-13(18)17-11/h2,6-7H,1,3-5,8-9H2,(H,19,20). The van der Waals surface area contributed by atoms with Gasteiger partial charge in [-0.3, -0.25) is 9.36 Å². The third-order valence-corrected chi connectivity index (χ3v) is 3.75. The number of carboxylic acids is 1. The molecule has 1 aliphatic heterocycles. The molecule has 1 N–H and O–H groups in total. The van der Waals surface area contributed by atoms with Crippen LogP contribution in [-0.4, -0.2) is 27.2 Å². The molecule has 0 atom stereocenters. The number of benzene rings is 1. The van der Waals surface area contributed by atoms with Crippen molar-refractivity contribution in [2.75, 3.05) is 6.61 Å². The monoisotopic (exact) mass is 300 g/mol. The van der Waals surface area contributed by atoms with Gasteiger partial charge < -0.3 is 9.84 Å². The summed E-state index contributed by atoms with van der Waals surface area (Å²) < 4.78 is 7.00. The quantitative estimate of drug-likeness (QED) is 0.847. The molecule has 22 heavy (non-hydrogen) atoms. The van der Waals surface area contributed by atoms with E-state index in [9.17, 15) is 9.59 Å². The molecular weight excluding hydrogens is 284 g/mol. The van der Waals surface area contributed by atoms with Crippen molar-refractivity contribution in [3.05, 3.63) is 46.5 Å². The van der Waals surface area contributed by atoms with Crippen molar-refractivity contribution in [3.63, 3.8) is 0 Å². The molecule has 6 nitrogen and oxygen atoms in total. The van der Waals surface area contributed by atoms with Crippen LogP contribution in [0.5, 0.6) is 5.75 Å². The number of aromatic nitrogens is 2. The topological polar surface area (TPSA) is 81.4 Å². The molecule has 0 saturated heterocycles. The molecule has 1 aromatic carbocycles. The zero-order valence-electron chi connectivity index (χ0n) is 12.0. The Morgan fingerprint density at radius 2 is 2.32 bits per heavy atom. The van der Waals surface area contributed by atoms with Gasteiger partial charge in [0.15, 0.2) is 6.61 Å². The molecule has 0 radical (unpaired) electrons. The molecular formula is C16H16N2O4. The second-order valence-electron chi connectivity index (χ2n) is 5.20. The van der Waals surface area contributed by atoms with E-state index >= 15 is 0 Å². The van der Waals surface area contributed by atoms with E-state index in [1.165, 1.54) is 0 Å². The third kappa shape index (κ3) is 2.36. The smallest absolute Gasteiger partial charge is 0.341 e. The Labute approximate surface area is 126 Å². The van der Waals surface area contributed by atoms with Gasteiger partial charge in [0.1, 0.15) is 11.6 Å². The number of hydrogen-bond donors (Lipinski definition) is 1. The molecule has 1 aliphatic rings. The van der Waals surface area contributed by atoms with Crippen molar-refractivity contribution in [2.24, 2.45) is 0 Å². The molecule has 6 heteroatoms. The van der Waals surface area contributed by atoms with Crippen molar-refractivity contribution < 1.29 is 14.6 Å². The number of ether oxygens (including phenoxy) is 1. The Balaban J connectivity index is 2.22. The number of nitrogens with zero attached hydrogens (tertiary/aromatic N) is 2. The number of carboxylic acid groups (broad SMARTS) is 1. The van der Waals surface area contributed by atoms with Gasteiger partial charge in [0.05, 0.1) is 10.9 Å². The van der Waals surface area contributed by atoms with Gasteiger partial charge in [-0.05, 0) is 25.0 Å². The van der Waals surface area contributed by atoms with Gasteiger partial charge in [0.25, 0.3) is 5.56 Å². The summed E-state index contributed by atoms with van der Waals surface area (Å²) in [5, 5.41) is 9.26. The Morgan fingerprint density at radius 1 is 1.50 bits per heavy atom. The van der Waals surface area contributed by atoms with Gasteiger partial charge >= 0.3 is 5.97 Å². The first-order chi connectivity index (χ1) is 10.6. The van der Waals surface area contributed by atoms with Gasteiger partial charge in [0, 0.05) is 18.5 Å². The summed E-state index contributed by atoms with van der Waals surface area (Å²) in [6.45, 7) is 3.92. The van der Waals surface area contributed by atoms with E-state index in [0.717, 1.165) is 18.7 Å². The van der Waals surface area contributed by atoms with Crippen molar-refractivity contribution in [1.82, 2.24) is 9.55 Å².